The number of aromatic nitrogens is 1. The molecule has 1 aromatic carbocycles. The van der Waals surface area contributed by atoms with Gasteiger partial charge in [0.25, 0.3) is 0 Å². The van der Waals surface area contributed by atoms with Gasteiger partial charge in [-0.25, -0.2) is 0 Å². The summed E-state index contributed by atoms with van der Waals surface area (Å²) in [6.07, 6.45) is 2.48. The summed E-state index contributed by atoms with van der Waals surface area (Å²) in [5, 5.41) is 1.79. The van der Waals surface area contributed by atoms with E-state index in [9.17, 15) is 4.79 Å². The molecule has 5 heteroatoms. The largest absolute Gasteiger partial charge is 0.374 e. The number of fused-ring (bicyclic) bond motifs is 1. The van der Waals surface area contributed by atoms with Crippen molar-refractivity contribution in [1.82, 2.24) is 9.88 Å². The zero-order chi connectivity index (χ0) is 16.6. The highest BCUT2D eigenvalue weighted by Crippen LogP contribution is 2.31. The van der Waals surface area contributed by atoms with Gasteiger partial charge < -0.3 is 9.80 Å². The minimum atomic E-state index is 0.268. The van der Waals surface area contributed by atoms with E-state index in [0.29, 0.717) is 12.3 Å². The van der Waals surface area contributed by atoms with Crippen molar-refractivity contribution in [1.29, 1.82) is 0 Å². The monoisotopic (exact) mass is 331 g/mol. The Balaban J connectivity index is 1.87. The molecule has 1 atom stereocenters. The van der Waals surface area contributed by atoms with E-state index in [4.69, 9.17) is 11.6 Å². The van der Waals surface area contributed by atoms with E-state index in [2.05, 4.69) is 16.9 Å². The van der Waals surface area contributed by atoms with E-state index in [0.717, 1.165) is 46.8 Å². The van der Waals surface area contributed by atoms with Crippen molar-refractivity contribution in [3.05, 3.63) is 35.0 Å². The van der Waals surface area contributed by atoms with Crippen molar-refractivity contribution < 1.29 is 4.79 Å². The molecule has 2 heterocycles. The zero-order valence-corrected chi connectivity index (χ0v) is 14.6. The molecule has 0 bridgehead atoms. The number of hydrogen-bond acceptors (Lipinski definition) is 3. The minimum Gasteiger partial charge on any atom is -0.374 e. The van der Waals surface area contributed by atoms with Crippen molar-refractivity contribution in [3.8, 4) is 0 Å². The summed E-state index contributed by atoms with van der Waals surface area (Å²) in [6, 6.07) is 5.93. The van der Waals surface area contributed by atoms with Crippen LogP contribution in [0.5, 0.6) is 0 Å². The number of benzene rings is 1. The van der Waals surface area contributed by atoms with Crippen LogP contribution in [0.4, 0.5) is 5.69 Å². The van der Waals surface area contributed by atoms with Gasteiger partial charge in [-0.05, 0) is 37.6 Å². The quantitative estimate of drug-likeness (QED) is 0.860. The van der Waals surface area contributed by atoms with Crippen molar-refractivity contribution in [2.24, 2.45) is 5.92 Å². The molecule has 0 spiro atoms. The van der Waals surface area contributed by atoms with Gasteiger partial charge in [-0.15, -0.1) is 0 Å². The van der Waals surface area contributed by atoms with Crippen LogP contribution < -0.4 is 4.90 Å². The van der Waals surface area contributed by atoms with Gasteiger partial charge in [-0.2, -0.15) is 0 Å². The van der Waals surface area contributed by atoms with Crippen LogP contribution in [0.15, 0.2) is 24.4 Å². The first-order valence-corrected chi connectivity index (χ1v) is 8.41. The number of hydrogen-bond donors (Lipinski definition) is 0. The Morgan fingerprint density at radius 2 is 2.22 bits per heavy atom. The molecule has 122 valence electrons. The molecule has 4 nitrogen and oxygen atoms in total. The van der Waals surface area contributed by atoms with Crippen molar-refractivity contribution in [3.63, 3.8) is 0 Å². The minimum absolute atomic E-state index is 0.268. The first-order valence-electron chi connectivity index (χ1n) is 8.03. The van der Waals surface area contributed by atoms with Crippen LogP contribution in [0.2, 0.25) is 5.02 Å². The second-order valence-corrected chi connectivity index (χ2v) is 6.77. The maximum atomic E-state index is 11.9. The van der Waals surface area contributed by atoms with Gasteiger partial charge in [0.2, 0.25) is 5.91 Å². The number of carbonyl (C=O) groups excluding carboxylic acids is 1. The summed E-state index contributed by atoms with van der Waals surface area (Å²) < 4.78 is 0. The van der Waals surface area contributed by atoms with Gasteiger partial charge in [-0.1, -0.05) is 11.6 Å². The number of carbonyl (C=O) groups is 1. The first-order chi connectivity index (χ1) is 11.0. The summed E-state index contributed by atoms with van der Waals surface area (Å²) in [6.45, 7) is 6.56. The molecule has 0 radical (unpaired) electrons. The fraction of sp³-hybridized carbons (Fsp3) is 0.444. The molecule has 1 unspecified atom stereocenters. The lowest BCUT2D eigenvalue weighted by atomic mass is 10.1. The van der Waals surface area contributed by atoms with Crippen LogP contribution in [0.25, 0.3) is 10.9 Å². The average molecular weight is 332 g/mol. The Hall–Kier alpha value is -1.81. The van der Waals surface area contributed by atoms with E-state index in [-0.39, 0.29) is 5.91 Å². The second kappa shape index (κ2) is 6.36. The lowest BCUT2D eigenvalue weighted by Crippen LogP contribution is -2.29. The van der Waals surface area contributed by atoms with E-state index in [1.807, 2.05) is 43.1 Å². The van der Waals surface area contributed by atoms with Gasteiger partial charge in [0.15, 0.2) is 0 Å². The fourth-order valence-electron chi connectivity index (χ4n) is 3.47. The highest BCUT2D eigenvalue weighted by atomic mass is 35.5. The maximum absolute atomic E-state index is 11.9. The predicted molar refractivity (Wildman–Crippen MR) is 95.1 cm³/mol. The fourth-order valence-corrected chi connectivity index (χ4v) is 3.75. The lowest BCUT2D eigenvalue weighted by Gasteiger charge is -2.24. The van der Waals surface area contributed by atoms with Crippen molar-refractivity contribution in [2.45, 2.75) is 20.3 Å². The molecule has 1 aromatic heterocycles. The van der Waals surface area contributed by atoms with E-state index < -0.39 is 0 Å². The van der Waals surface area contributed by atoms with E-state index >= 15 is 0 Å². The third-order valence-corrected chi connectivity index (χ3v) is 4.82. The Morgan fingerprint density at radius 3 is 2.91 bits per heavy atom. The first kappa shape index (κ1) is 16.1. The molecule has 1 amide bonds. The standard InChI is InChI=1S/C18H22ClN3O/c1-4-22-11-13(8-17(22)23)10-21(3)16-5-6-20-18-12(2)7-14(19)9-15(16)18/h5-7,9,13H,4,8,10-11H2,1-3H3. The molecule has 1 aliphatic heterocycles. The average Bonchev–Trinajstić information content (AvgIpc) is 2.86. The maximum Gasteiger partial charge on any atom is 0.222 e. The molecule has 0 saturated carbocycles. The summed E-state index contributed by atoms with van der Waals surface area (Å²) in [7, 11) is 2.07. The predicted octanol–water partition coefficient (Wildman–Crippen LogP) is 3.50. The van der Waals surface area contributed by atoms with Gasteiger partial charge in [0.1, 0.15) is 0 Å². The van der Waals surface area contributed by atoms with Crippen LogP contribution in [-0.2, 0) is 4.79 Å². The third kappa shape index (κ3) is 3.13. The number of rotatable bonds is 4. The Bertz CT molecular complexity index is 746. The molecule has 2 aromatic rings. The van der Waals surface area contributed by atoms with E-state index in [1.165, 1.54) is 0 Å². The highest BCUT2D eigenvalue weighted by Gasteiger charge is 2.29. The molecule has 23 heavy (non-hydrogen) atoms. The summed E-state index contributed by atoms with van der Waals surface area (Å²) in [4.78, 5) is 20.6. The number of halogens is 1. The van der Waals surface area contributed by atoms with Crippen LogP contribution >= 0.6 is 11.6 Å². The summed E-state index contributed by atoms with van der Waals surface area (Å²) in [5.74, 6) is 0.639. The second-order valence-electron chi connectivity index (χ2n) is 6.33. The van der Waals surface area contributed by atoms with Crippen LogP contribution in [0.3, 0.4) is 0 Å². The molecule has 1 saturated heterocycles. The molecular weight excluding hydrogens is 310 g/mol. The number of nitrogens with zero attached hydrogens (tertiary/aromatic N) is 3. The summed E-state index contributed by atoms with van der Waals surface area (Å²) >= 11 is 6.23. The smallest absolute Gasteiger partial charge is 0.222 e. The topological polar surface area (TPSA) is 36.4 Å². The molecular formula is C18H22ClN3O. The molecule has 1 fully saturated rings. The number of anilines is 1. The van der Waals surface area contributed by atoms with Gasteiger partial charge in [0, 0.05) is 61.3 Å². The summed E-state index contributed by atoms with van der Waals surface area (Å²) in [5.41, 5.74) is 3.18. The van der Waals surface area contributed by atoms with E-state index in [1.54, 1.807) is 0 Å². The Labute approximate surface area is 142 Å². The van der Waals surface area contributed by atoms with Gasteiger partial charge in [-0.3, -0.25) is 9.78 Å². The highest BCUT2D eigenvalue weighted by molar-refractivity contribution is 6.31. The Morgan fingerprint density at radius 1 is 1.43 bits per heavy atom. The van der Waals surface area contributed by atoms with Gasteiger partial charge >= 0.3 is 0 Å². The van der Waals surface area contributed by atoms with Crippen molar-refractivity contribution in [2.75, 3.05) is 31.6 Å². The number of likely N-dealkylation sites (tertiary alicyclic amines) is 1. The third-order valence-electron chi connectivity index (χ3n) is 4.60. The Kier molecular flexibility index (Phi) is 4.44. The molecule has 0 N–H and O–H groups in total. The van der Waals surface area contributed by atoms with Crippen LogP contribution in [-0.4, -0.2) is 42.5 Å². The lowest BCUT2D eigenvalue weighted by molar-refractivity contribution is -0.127. The van der Waals surface area contributed by atoms with Crippen LogP contribution in [0, 0.1) is 12.8 Å². The molecule has 1 aliphatic rings. The normalized spacial score (nSPS) is 18.0. The molecule has 3 rings (SSSR count). The SMILES string of the molecule is CCN1CC(CN(C)c2ccnc3c(C)cc(Cl)cc23)CC1=O. The number of aryl methyl sites for hydroxylation is 1. The van der Waals surface area contributed by atoms with Crippen LogP contribution in [0.1, 0.15) is 18.9 Å². The van der Waals surface area contributed by atoms with Gasteiger partial charge in [0.05, 0.1) is 5.52 Å². The molecule has 0 aliphatic carbocycles. The van der Waals surface area contributed by atoms with Crippen molar-refractivity contribution >= 4 is 34.1 Å². The zero-order valence-electron chi connectivity index (χ0n) is 13.8. The number of pyridine rings is 1. The number of amides is 1.